The van der Waals surface area contributed by atoms with Crippen LogP contribution >= 0.6 is 11.6 Å². The van der Waals surface area contributed by atoms with E-state index in [9.17, 15) is 14.5 Å². The number of benzene rings is 2. The smallest absolute Gasteiger partial charge is 0.270 e. The highest BCUT2D eigenvalue weighted by molar-refractivity contribution is 6.33. The Morgan fingerprint density at radius 3 is 2.58 bits per heavy atom. The van der Waals surface area contributed by atoms with Gasteiger partial charge in [-0.15, -0.1) is 0 Å². The largest absolute Gasteiger partial charge is 0.378 e. The molecule has 0 bridgehead atoms. The molecule has 3 aromatic rings. The van der Waals surface area contributed by atoms with Gasteiger partial charge in [-0.2, -0.15) is 20.1 Å². The molecular weight excluding hydrogens is 455 g/mol. The van der Waals surface area contributed by atoms with Crippen molar-refractivity contribution in [3.05, 3.63) is 69.0 Å². The van der Waals surface area contributed by atoms with E-state index in [2.05, 4.69) is 30.8 Å². The number of nitro benzene ring substituents is 1. The van der Waals surface area contributed by atoms with Gasteiger partial charge in [-0.1, -0.05) is 11.6 Å². The predicted molar refractivity (Wildman–Crippen MR) is 122 cm³/mol. The fourth-order valence-corrected chi connectivity index (χ4v) is 3.11. The first-order valence-corrected chi connectivity index (χ1v) is 10.2. The maximum Gasteiger partial charge on any atom is 0.270 e. The Labute approximate surface area is 192 Å². The zero-order valence-electron chi connectivity index (χ0n) is 17.1. The van der Waals surface area contributed by atoms with Crippen molar-refractivity contribution >= 4 is 47.0 Å². The molecule has 33 heavy (non-hydrogen) atoms. The standard InChI is InChI=1S/C20H18ClFN8O3/c21-17-6-5-16(30(31)32)11-13(17)12-23-28-19-25-18(24-15-3-1-14(22)2-4-15)26-20(27-19)29-7-9-33-10-8-29/h1-6,11-12H,7-10H2,(H2,24,25,26,27,28)/b23-12+. The average molecular weight is 473 g/mol. The summed E-state index contributed by atoms with van der Waals surface area (Å²) in [5.41, 5.74) is 3.54. The van der Waals surface area contributed by atoms with Crippen molar-refractivity contribution in [2.75, 3.05) is 41.9 Å². The van der Waals surface area contributed by atoms with Crippen LogP contribution in [0.3, 0.4) is 0 Å². The number of rotatable bonds is 7. The molecule has 0 atom stereocenters. The number of nitro groups is 1. The van der Waals surface area contributed by atoms with Crippen molar-refractivity contribution in [1.29, 1.82) is 0 Å². The number of halogens is 2. The highest BCUT2D eigenvalue weighted by atomic mass is 35.5. The molecule has 0 unspecified atom stereocenters. The van der Waals surface area contributed by atoms with Crippen LogP contribution in [0.15, 0.2) is 47.6 Å². The summed E-state index contributed by atoms with van der Waals surface area (Å²) in [6.45, 7) is 2.29. The molecule has 0 spiro atoms. The van der Waals surface area contributed by atoms with Crippen LogP contribution in [0.1, 0.15) is 5.56 Å². The van der Waals surface area contributed by atoms with E-state index < -0.39 is 4.92 Å². The van der Waals surface area contributed by atoms with Crippen LogP contribution in [0.25, 0.3) is 0 Å². The summed E-state index contributed by atoms with van der Waals surface area (Å²) in [7, 11) is 0. The zero-order chi connectivity index (χ0) is 23.2. The second kappa shape index (κ2) is 10.1. The Hall–Kier alpha value is -3.90. The molecule has 170 valence electrons. The molecule has 2 aromatic carbocycles. The number of hydrogen-bond donors (Lipinski definition) is 2. The highest BCUT2D eigenvalue weighted by Gasteiger charge is 2.17. The summed E-state index contributed by atoms with van der Waals surface area (Å²) >= 11 is 6.10. The lowest BCUT2D eigenvalue weighted by Crippen LogP contribution is -2.37. The third kappa shape index (κ3) is 5.87. The van der Waals surface area contributed by atoms with Crippen LogP contribution in [-0.4, -0.2) is 52.4 Å². The topological polar surface area (TPSA) is 131 Å². The molecule has 1 aliphatic heterocycles. The first-order valence-electron chi connectivity index (χ1n) is 9.82. The summed E-state index contributed by atoms with van der Waals surface area (Å²) in [4.78, 5) is 25.5. The number of morpholine rings is 1. The van der Waals surface area contributed by atoms with Crippen molar-refractivity contribution in [2.45, 2.75) is 0 Å². The van der Waals surface area contributed by atoms with E-state index in [1.165, 1.54) is 36.5 Å². The number of ether oxygens (including phenoxy) is 1. The molecule has 11 nitrogen and oxygen atoms in total. The Morgan fingerprint density at radius 2 is 1.85 bits per heavy atom. The zero-order valence-corrected chi connectivity index (χ0v) is 17.9. The van der Waals surface area contributed by atoms with E-state index in [1.807, 2.05) is 4.90 Å². The quantitative estimate of drug-likeness (QED) is 0.301. The Balaban J connectivity index is 1.58. The van der Waals surface area contributed by atoms with Gasteiger partial charge >= 0.3 is 0 Å². The lowest BCUT2D eigenvalue weighted by Gasteiger charge is -2.27. The van der Waals surface area contributed by atoms with Crippen molar-refractivity contribution in [3.8, 4) is 0 Å². The van der Waals surface area contributed by atoms with Crippen LogP contribution in [-0.2, 0) is 4.74 Å². The van der Waals surface area contributed by atoms with E-state index in [0.717, 1.165) is 0 Å². The molecule has 0 aliphatic carbocycles. The van der Waals surface area contributed by atoms with E-state index in [-0.39, 0.29) is 23.4 Å². The molecule has 4 rings (SSSR count). The number of hydrogen-bond acceptors (Lipinski definition) is 10. The molecule has 1 fully saturated rings. The molecule has 1 saturated heterocycles. The fourth-order valence-electron chi connectivity index (χ4n) is 2.94. The summed E-state index contributed by atoms with van der Waals surface area (Å²) < 4.78 is 18.6. The maximum absolute atomic E-state index is 13.2. The molecule has 0 amide bonds. The Bertz CT molecular complexity index is 1170. The minimum absolute atomic E-state index is 0.110. The third-order valence-electron chi connectivity index (χ3n) is 4.58. The molecular formula is C20H18ClFN8O3. The van der Waals surface area contributed by atoms with Gasteiger partial charge in [-0.3, -0.25) is 10.1 Å². The van der Waals surface area contributed by atoms with E-state index in [4.69, 9.17) is 16.3 Å². The minimum atomic E-state index is -0.519. The van der Waals surface area contributed by atoms with Crippen LogP contribution < -0.4 is 15.6 Å². The second-order valence-electron chi connectivity index (χ2n) is 6.85. The normalized spacial score (nSPS) is 13.8. The Kier molecular flexibility index (Phi) is 6.86. The van der Waals surface area contributed by atoms with Gasteiger partial charge in [0, 0.05) is 41.5 Å². The van der Waals surface area contributed by atoms with Gasteiger partial charge in [0.05, 0.1) is 24.4 Å². The van der Waals surface area contributed by atoms with Crippen LogP contribution in [0, 0.1) is 15.9 Å². The van der Waals surface area contributed by atoms with Crippen LogP contribution in [0.2, 0.25) is 5.02 Å². The second-order valence-corrected chi connectivity index (χ2v) is 7.25. The SMILES string of the molecule is O=[N+]([O-])c1ccc(Cl)c(/C=N/Nc2nc(Nc3ccc(F)cc3)nc(N3CCOCC3)n2)c1. The lowest BCUT2D eigenvalue weighted by molar-refractivity contribution is -0.384. The number of nitrogens with zero attached hydrogens (tertiary/aromatic N) is 6. The van der Waals surface area contributed by atoms with Crippen molar-refractivity contribution in [3.63, 3.8) is 0 Å². The van der Waals surface area contributed by atoms with Crippen molar-refractivity contribution < 1.29 is 14.1 Å². The Morgan fingerprint density at radius 1 is 1.12 bits per heavy atom. The fraction of sp³-hybridized carbons (Fsp3) is 0.200. The van der Waals surface area contributed by atoms with E-state index in [0.29, 0.717) is 48.5 Å². The molecule has 2 heterocycles. The van der Waals surface area contributed by atoms with Gasteiger partial charge < -0.3 is 15.0 Å². The number of nitrogens with one attached hydrogen (secondary N) is 2. The summed E-state index contributed by atoms with van der Waals surface area (Å²) in [5.74, 6) is 0.406. The monoisotopic (exact) mass is 472 g/mol. The van der Waals surface area contributed by atoms with Crippen LogP contribution in [0.5, 0.6) is 0 Å². The van der Waals surface area contributed by atoms with Gasteiger partial charge in [-0.25, -0.2) is 9.82 Å². The lowest BCUT2D eigenvalue weighted by atomic mass is 10.2. The first kappa shape index (κ1) is 22.3. The van der Waals surface area contributed by atoms with Crippen LogP contribution in [0.4, 0.5) is 33.6 Å². The molecule has 1 aromatic heterocycles. The predicted octanol–water partition coefficient (Wildman–Crippen LogP) is 3.60. The van der Waals surface area contributed by atoms with Crippen molar-refractivity contribution in [1.82, 2.24) is 15.0 Å². The van der Waals surface area contributed by atoms with Crippen molar-refractivity contribution in [2.24, 2.45) is 5.10 Å². The van der Waals surface area contributed by atoms with Gasteiger partial charge in [0.2, 0.25) is 17.8 Å². The maximum atomic E-state index is 13.2. The number of aromatic nitrogens is 3. The molecule has 1 aliphatic rings. The molecule has 0 saturated carbocycles. The highest BCUT2D eigenvalue weighted by Crippen LogP contribution is 2.21. The number of non-ortho nitro benzene ring substituents is 1. The van der Waals surface area contributed by atoms with E-state index >= 15 is 0 Å². The number of anilines is 4. The van der Waals surface area contributed by atoms with Gasteiger partial charge in [0.1, 0.15) is 5.82 Å². The molecule has 0 radical (unpaired) electrons. The number of hydrazone groups is 1. The third-order valence-corrected chi connectivity index (χ3v) is 4.92. The molecule has 2 N–H and O–H groups in total. The van der Waals surface area contributed by atoms with Gasteiger partial charge in [0.25, 0.3) is 5.69 Å². The van der Waals surface area contributed by atoms with Gasteiger partial charge in [-0.05, 0) is 30.3 Å². The summed E-state index contributed by atoms with van der Waals surface area (Å²) in [6, 6.07) is 9.79. The summed E-state index contributed by atoms with van der Waals surface area (Å²) in [5, 5.41) is 18.4. The first-order chi connectivity index (χ1) is 16.0. The van der Waals surface area contributed by atoms with E-state index in [1.54, 1.807) is 12.1 Å². The average Bonchev–Trinajstić information content (AvgIpc) is 2.82. The minimum Gasteiger partial charge on any atom is -0.378 e. The molecule has 13 heteroatoms. The van der Waals surface area contributed by atoms with Gasteiger partial charge in [0.15, 0.2) is 0 Å². The summed E-state index contributed by atoms with van der Waals surface area (Å²) in [6.07, 6.45) is 1.33.